The highest BCUT2D eigenvalue weighted by Crippen LogP contribution is 2.32. The van der Waals surface area contributed by atoms with Crippen LogP contribution in [-0.4, -0.2) is 42.8 Å². The Bertz CT molecular complexity index is 1210. The number of ether oxygens (including phenoxy) is 1. The van der Waals surface area contributed by atoms with Crippen LogP contribution in [0.1, 0.15) is 25.6 Å². The molecule has 7 nitrogen and oxygen atoms in total. The molecule has 11 heteroatoms. The van der Waals surface area contributed by atoms with Gasteiger partial charge in [-0.05, 0) is 42.5 Å². The first-order valence-electron chi connectivity index (χ1n) is 10.3. The number of nitrogens with zero attached hydrogens (tertiary/aromatic N) is 1. The fourth-order valence-corrected chi connectivity index (χ4v) is 5.05. The molecule has 2 amide bonds. The van der Waals surface area contributed by atoms with Crippen LogP contribution in [0, 0.1) is 5.21 Å². The molecule has 0 atom stereocenters. The second kappa shape index (κ2) is 10.6. The minimum Gasteiger partial charge on any atom is -0.632 e. The average Bonchev–Trinajstić information content (AvgIpc) is 3.16. The molecule has 0 saturated carbocycles. The number of anilines is 2. The Hall–Kier alpha value is -2.17. The largest absolute Gasteiger partial charge is 0.632 e. The molecule has 4 rings (SSSR count). The minimum absolute atomic E-state index is 0.168. The van der Waals surface area contributed by atoms with Gasteiger partial charge in [0.1, 0.15) is 24.5 Å². The first-order valence-corrected chi connectivity index (χ1v) is 12.3. The molecule has 1 aliphatic heterocycles. The number of benzene rings is 2. The van der Waals surface area contributed by atoms with Gasteiger partial charge in [0.2, 0.25) is 0 Å². The molecule has 1 aromatic heterocycles. The van der Waals surface area contributed by atoms with Crippen molar-refractivity contribution in [2.24, 2.45) is 0 Å². The van der Waals surface area contributed by atoms with E-state index in [0.717, 1.165) is 11.3 Å². The van der Waals surface area contributed by atoms with Crippen molar-refractivity contribution < 1.29 is 19.0 Å². The summed E-state index contributed by atoms with van der Waals surface area (Å²) in [4.78, 5) is 26.2. The number of hydrogen-bond donors (Lipinski definition) is 2. The molecule has 2 heterocycles. The highest BCUT2D eigenvalue weighted by atomic mass is 35.5. The molecule has 1 saturated heterocycles. The fraction of sp³-hybridized carbons (Fsp3) is 0.217. The number of rotatable bonds is 6. The van der Waals surface area contributed by atoms with Crippen molar-refractivity contribution in [1.29, 1.82) is 0 Å². The Morgan fingerprint density at radius 3 is 2.35 bits per heavy atom. The molecule has 0 spiro atoms. The molecule has 178 valence electrons. The molecule has 0 bridgehead atoms. The Labute approximate surface area is 215 Å². The van der Waals surface area contributed by atoms with Crippen molar-refractivity contribution in [3.05, 3.63) is 84.1 Å². The zero-order chi connectivity index (χ0) is 24.3. The summed E-state index contributed by atoms with van der Waals surface area (Å²) < 4.78 is 4.83. The number of amides is 2. The van der Waals surface area contributed by atoms with E-state index in [0.29, 0.717) is 47.6 Å². The van der Waals surface area contributed by atoms with E-state index in [1.54, 1.807) is 41.8 Å². The maximum Gasteiger partial charge on any atom is 0.267 e. The first kappa shape index (κ1) is 24.9. The lowest BCUT2D eigenvalue weighted by atomic mass is 10.1. The summed E-state index contributed by atoms with van der Waals surface area (Å²) >= 11 is 19.6. The zero-order valence-electron chi connectivity index (χ0n) is 17.8. The summed E-state index contributed by atoms with van der Waals surface area (Å²) in [6.07, 6.45) is 0. The first-order chi connectivity index (χ1) is 16.2. The van der Waals surface area contributed by atoms with E-state index in [9.17, 15) is 14.8 Å². The predicted octanol–water partition coefficient (Wildman–Crippen LogP) is 6.06. The molecule has 0 radical (unpaired) electrons. The Balaban J connectivity index is 1.51. The van der Waals surface area contributed by atoms with E-state index in [-0.39, 0.29) is 27.7 Å². The third kappa shape index (κ3) is 5.90. The van der Waals surface area contributed by atoms with E-state index < -0.39 is 16.5 Å². The third-order valence-corrected chi connectivity index (χ3v) is 7.39. The van der Waals surface area contributed by atoms with Crippen LogP contribution < -0.4 is 10.6 Å². The second-order valence-corrected chi connectivity index (χ2v) is 9.92. The van der Waals surface area contributed by atoms with Crippen LogP contribution in [0.25, 0.3) is 0 Å². The number of hydroxylamine groups is 3. The summed E-state index contributed by atoms with van der Waals surface area (Å²) in [5.41, 5.74) is 1.61. The Morgan fingerprint density at radius 2 is 1.65 bits per heavy atom. The van der Waals surface area contributed by atoms with Gasteiger partial charge in [-0.25, -0.2) is 0 Å². The van der Waals surface area contributed by atoms with E-state index in [1.807, 2.05) is 0 Å². The standard InChI is InChI=1S/C23H20Cl3N3O4S/c24-15-1-4-17(5-2-15)27-22(30)18-11-16(25)3-6-19(18)28-23(31)21-20(26)14(13-34-21)12-29(32)7-9-33-10-8-29/h1-6,11,13H,7-10,12H2,(H,27,30)(H,28,31). The Kier molecular flexibility index (Phi) is 7.79. The van der Waals surface area contributed by atoms with E-state index >= 15 is 0 Å². The van der Waals surface area contributed by atoms with Gasteiger partial charge in [0.05, 0.1) is 29.5 Å². The lowest BCUT2D eigenvalue weighted by Crippen LogP contribution is -2.49. The number of carbonyl (C=O) groups is 2. The smallest absolute Gasteiger partial charge is 0.267 e. The van der Waals surface area contributed by atoms with Crippen LogP contribution in [0.2, 0.25) is 15.1 Å². The number of quaternary nitrogens is 1. The number of nitrogens with one attached hydrogen (secondary N) is 2. The van der Waals surface area contributed by atoms with Gasteiger partial charge >= 0.3 is 0 Å². The molecule has 2 N–H and O–H groups in total. The monoisotopic (exact) mass is 539 g/mol. The van der Waals surface area contributed by atoms with Crippen LogP contribution in [0.15, 0.2) is 47.8 Å². The maximum absolute atomic E-state index is 13.0. The topological polar surface area (TPSA) is 90.5 Å². The van der Waals surface area contributed by atoms with E-state index in [2.05, 4.69) is 10.6 Å². The van der Waals surface area contributed by atoms with Gasteiger partial charge in [0, 0.05) is 26.7 Å². The molecule has 34 heavy (non-hydrogen) atoms. The molecular weight excluding hydrogens is 521 g/mol. The van der Waals surface area contributed by atoms with Gasteiger partial charge in [-0.3, -0.25) is 9.59 Å². The molecule has 0 aliphatic carbocycles. The van der Waals surface area contributed by atoms with Gasteiger partial charge in [-0.2, -0.15) is 0 Å². The highest BCUT2D eigenvalue weighted by Gasteiger charge is 2.26. The van der Waals surface area contributed by atoms with Crippen molar-refractivity contribution in [1.82, 2.24) is 0 Å². The lowest BCUT2D eigenvalue weighted by molar-refractivity contribution is -0.901. The van der Waals surface area contributed by atoms with Crippen molar-refractivity contribution in [3.63, 3.8) is 0 Å². The number of thiophene rings is 1. The van der Waals surface area contributed by atoms with Gasteiger partial charge in [0.15, 0.2) is 0 Å². The normalized spacial score (nSPS) is 15.1. The van der Waals surface area contributed by atoms with Crippen molar-refractivity contribution in [3.8, 4) is 0 Å². The summed E-state index contributed by atoms with van der Waals surface area (Å²) in [5, 5.41) is 21.2. The fourth-order valence-electron chi connectivity index (χ4n) is 3.51. The number of halogens is 3. The molecule has 2 aromatic carbocycles. The predicted molar refractivity (Wildman–Crippen MR) is 136 cm³/mol. The van der Waals surface area contributed by atoms with Crippen LogP contribution in [0.3, 0.4) is 0 Å². The molecule has 1 fully saturated rings. The molecule has 3 aromatic rings. The summed E-state index contributed by atoms with van der Waals surface area (Å²) in [6, 6.07) is 11.2. The van der Waals surface area contributed by atoms with Crippen molar-refractivity contribution >= 4 is 69.3 Å². The molecule has 0 unspecified atom stereocenters. The van der Waals surface area contributed by atoms with Crippen LogP contribution in [-0.2, 0) is 11.3 Å². The van der Waals surface area contributed by atoms with Gasteiger partial charge in [-0.15, -0.1) is 11.3 Å². The number of morpholine rings is 1. The van der Waals surface area contributed by atoms with Crippen molar-refractivity contribution in [2.45, 2.75) is 6.54 Å². The molecule has 1 aliphatic rings. The number of hydrogen-bond acceptors (Lipinski definition) is 5. The maximum atomic E-state index is 13.0. The quantitative estimate of drug-likeness (QED) is 0.294. The highest BCUT2D eigenvalue weighted by molar-refractivity contribution is 7.13. The number of carbonyl (C=O) groups excluding carboxylic acids is 2. The van der Waals surface area contributed by atoms with Crippen LogP contribution >= 0.6 is 46.1 Å². The second-order valence-electron chi connectivity index (χ2n) is 7.78. The Morgan fingerprint density at radius 1 is 0.971 bits per heavy atom. The van der Waals surface area contributed by atoms with Crippen molar-refractivity contribution in [2.75, 3.05) is 36.9 Å². The van der Waals surface area contributed by atoms with E-state index in [1.165, 1.54) is 6.07 Å². The van der Waals surface area contributed by atoms with Gasteiger partial charge in [0.25, 0.3) is 11.8 Å². The van der Waals surface area contributed by atoms with E-state index in [4.69, 9.17) is 39.5 Å². The zero-order valence-corrected chi connectivity index (χ0v) is 20.9. The summed E-state index contributed by atoms with van der Waals surface area (Å²) in [5.74, 6) is -0.938. The van der Waals surface area contributed by atoms with Gasteiger partial charge < -0.3 is 25.2 Å². The summed E-state index contributed by atoms with van der Waals surface area (Å²) in [7, 11) is 0. The van der Waals surface area contributed by atoms with Crippen LogP contribution in [0.4, 0.5) is 11.4 Å². The summed E-state index contributed by atoms with van der Waals surface area (Å²) in [6.45, 7) is 1.64. The lowest BCUT2D eigenvalue weighted by Gasteiger charge is -2.45. The average molecular weight is 541 g/mol. The van der Waals surface area contributed by atoms with Gasteiger partial charge in [-0.1, -0.05) is 34.8 Å². The van der Waals surface area contributed by atoms with Crippen LogP contribution in [0.5, 0.6) is 0 Å². The molecular formula is C23H20Cl3N3O4S. The third-order valence-electron chi connectivity index (χ3n) is 5.33. The minimum atomic E-state index is -0.483. The SMILES string of the molecule is O=C(Nc1ccc(Cl)cc1)c1cc(Cl)ccc1NC(=O)c1scc(C[N+]2([O-])CCOCC2)c1Cl.